The molecule has 0 atom stereocenters. The first-order valence-corrected chi connectivity index (χ1v) is 6.42. The average molecular weight is 267 g/mol. The molecular weight excluding hydrogens is 246 g/mol. The summed E-state index contributed by atoms with van der Waals surface area (Å²) < 4.78 is 1.54. The first-order chi connectivity index (χ1) is 9.04. The Morgan fingerprint density at radius 1 is 1.42 bits per heavy atom. The van der Waals surface area contributed by atoms with E-state index in [0.29, 0.717) is 31.0 Å². The number of nitrogens with zero attached hydrogens (tertiary/aromatic N) is 3. The molecule has 0 unspecified atom stereocenters. The van der Waals surface area contributed by atoms with E-state index in [1.807, 2.05) is 20.8 Å². The second kappa shape index (κ2) is 6.77. The van der Waals surface area contributed by atoms with Crippen molar-refractivity contribution in [2.24, 2.45) is 0 Å². The molecule has 0 saturated carbocycles. The highest BCUT2D eigenvalue weighted by Gasteiger charge is 2.23. The van der Waals surface area contributed by atoms with Crippen molar-refractivity contribution in [3.63, 3.8) is 0 Å². The highest BCUT2D eigenvalue weighted by atomic mass is 16.2. The van der Waals surface area contributed by atoms with Gasteiger partial charge in [-0.3, -0.25) is 14.3 Å². The maximum atomic E-state index is 12.4. The van der Waals surface area contributed by atoms with Crippen molar-refractivity contribution in [3.8, 4) is 0 Å². The summed E-state index contributed by atoms with van der Waals surface area (Å²) >= 11 is 0. The highest BCUT2D eigenvalue weighted by molar-refractivity contribution is 5.99. The van der Waals surface area contributed by atoms with Gasteiger partial charge >= 0.3 is 0 Å². The minimum absolute atomic E-state index is 0.0253. The van der Waals surface area contributed by atoms with Crippen LogP contribution in [-0.4, -0.2) is 46.1 Å². The fourth-order valence-electron chi connectivity index (χ4n) is 1.78. The first kappa shape index (κ1) is 15.0. The van der Waals surface area contributed by atoms with E-state index in [2.05, 4.69) is 10.4 Å². The molecule has 106 valence electrons. The molecule has 0 aliphatic rings. The van der Waals surface area contributed by atoms with Crippen molar-refractivity contribution < 1.29 is 9.59 Å². The number of aryl methyl sites for hydroxylation is 1. The molecule has 1 aromatic heterocycles. The fraction of sp³-hybridized carbons (Fsp3) is 0.583. The van der Waals surface area contributed by atoms with E-state index in [-0.39, 0.29) is 18.4 Å². The molecule has 1 aromatic rings. The van der Waals surface area contributed by atoms with Crippen molar-refractivity contribution in [1.82, 2.24) is 20.0 Å². The van der Waals surface area contributed by atoms with Gasteiger partial charge in [-0.15, -0.1) is 0 Å². The fourth-order valence-corrected chi connectivity index (χ4v) is 1.78. The lowest BCUT2D eigenvalue weighted by Crippen LogP contribution is -2.41. The third kappa shape index (κ3) is 3.46. The second-order valence-corrected chi connectivity index (χ2v) is 4.04. The average Bonchev–Trinajstić information content (AvgIpc) is 2.76. The van der Waals surface area contributed by atoms with Gasteiger partial charge in [0.25, 0.3) is 5.91 Å². The van der Waals surface area contributed by atoms with E-state index in [0.717, 1.165) is 0 Å². The molecule has 0 bridgehead atoms. The van der Waals surface area contributed by atoms with Gasteiger partial charge in [-0.2, -0.15) is 5.10 Å². The third-order valence-corrected chi connectivity index (χ3v) is 2.75. The SMILES string of the molecule is CCNC(=O)CN(CC)C(=O)c1c(N)cnn1CC. The molecule has 0 saturated heterocycles. The van der Waals surface area contributed by atoms with Crippen LogP contribution in [0.5, 0.6) is 0 Å². The molecule has 2 amide bonds. The lowest BCUT2D eigenvalue weighted by Gasteiger charge is -2.20. The number of likely N-dealkylation sites (N-methyl/N-ethyl adjacent to an activating group) is 2. The van der Waals surface area contributed by atoms with Gasteiger partial charge in [0.1, 0.15) is 5.69 Å². The predicted octanol–water partition coefficient (Wildman–Crippen LogP) is 0.0834. The van der Waals surface area contributed by atoms with E-state index >= 15 is 0 Å². The zero-order valence-corrected chi connectivity index (χ0v) is 11.6. The van der Waals surface area contributed by atoms with Gasteiger partial charge in [-0.25, -0.2) is 0 Å². The van der Waals surface area contributed by atoms with E-state index in [9.17, 15) is 9.59 Å². The van der Waals surface area contributed by atoms with Crippen LogP contribution in [0, 0.1) is 0 Å². The van der Waals surface area contributed by atoms with Gasteiger partial charge in [0.05, 0.1) is 18.4 Å². The summed E-state index contributed by atoms with van der Waals surface area (Å²) in [6.45, 7) is 7.09. The Balaban J connectivity index is 2.89. The molecule has 0 radical (unpaired) electrons. The maximum absolute atomic E-state index is 12.4. The number of aromatic nitrogens is 2. The number of nitrogens with one attached hydrogen (secondary N) is 1. The summed E-state index contributed by atoms with van der Waals surface area (Å²) in [4.78, 5) is 25.4. The van der Waals surface area contributed by atoms with Crippen LogP contribution in [0.4, 0.5) is 5.69 Å². The molecule has 7 heteroatoms. The van der Waals surface area contributed by atoms with E-state index in [4.69, 9.17) is 5.73 Å². The van der Waals surface area contributed by atoms with Crippen LogP contribution >= 0.6 is 0 Å². The van der Waals surface area contributed by atoms with Gasteiger partial charge < -0.3 is 16.0 Å². The largest absolute Gasteiger partial charge is 0.396 e. The van der Waals surface area contributed by atoms with Gasteiger partial charge in [-0.05, 0) is 20.8 Å². The number of nitrogen functional groups attached to an aromatic ring is 1. The summed E-state index contributed by atoms with van der Waals surface area (Å²) in [6, 6.07) is 0. The van der Waals surface area contributed by atoms with Crippen molar-refractivity contribution >= 4 is 17.5 Å². The Morgan fingerprint density at radius 2 is 2.11 bits per heavy atom. The lowest BCUT2D eigenvalue weighted by molar-refractivity contribution is -0.121. The van der Waals surface area contributed by atoms with E-state index < -0.39 is 0 Å². The number of anilines is 1. The van der Waals surface area contributed by atoms with Gasteiger partial charge in [0.2, 0.25) is 5.91 Å². The summed E-state index contributed by atoms with van der Waals surface area (Å²) in [5.41, 5.74) is 6.44. The Labute approximate surface area is 112 Å². The van der Waals surface area contributed by atoms with Gasteiger partial charge in [-0.1, -0.05) is 0 Å². The molecule has 0 aliphatic heterocycles. The van der Waals surface area contributed by atoms with Crippen LogP contribution in [0.25, 0.3) is 0 Å². The lowest BCUT2D eigenvalue weighted by atomic mass is 10.3. The number of rotatable bonds is 6. The molecule has 0 aromatic carbocycles. The van der Waals surface area contributed by atoms with E-state index in [1.165, 1.54) is 15.8 Å². The van der Waals surface area contributed by atoms with E-state index in [1.54, 1.807) is 0 Å². The number of amides is 2. The second-order valence-electron chi connectivity index (χ2n) is 4.04. The molecule has 1 rings (SSSR count). The number of hydrogen-bond acceptors (Lipinski definition) is 4. The first-order valence-electron chi connectivity index (χ1n) is 6.42. The minimum atomic E-state index is -0.273. The molecule has 0 aliphatic carbocycles. The zero-order valence-electron chi connectivity index (χ0n) is 11.6. The van der Waals surface area contributed by atoms with Crippen LogP contribution in [0.2, 0.25) is 0 Å². The van der Waals surface area contributed by atoms with Gasteiger partial charge in [0, 0.05) is 19.6 Å². The normalized spacial score (nSPS) is 10.3. The monoisotopic (exact) mass is 267 g/mol. The number of carbonyl (C=O) groups is 2. The Kier molecular flexibility index (Phi) is 5.35. The number of carbonyl (C=O) groups excluding carboxylic acids is 2. The third-order valence-electron chi connectivity index (χ3n) is 2.75. The van der Waals surface area contributed by atoms with Crippen molar-refractivity contribution in [1.29, 1.82) is 0 Å². The smallest absolute Gasteiger partial charge is 0.274 e. The van der Waals surface area contributed by atoms with Gasteiger partial charge in [0.15, 0.2) is 0 Å². The van der Waals surface area contributed by atoms with Crippen molar-refractivity contribution in [2.45, 2.75) is 27.3 Å². The Hall–Kier alpha value is -2.05. The Bertz CT molecular complexity index is 455. The summed E-state index contributed by atoms with van der Waals surface area (Å²) in [7, 11) is 0. The molecular formula is C12H21N5O2. The summed E-state index contributed by atoms with van der Waals surface area (Å²) in [5, 5.41) is 6.70. The van der Waals surface area contributed by atoms with Crippen molar-refractivity contribution in [3.05, 3.63) is 11.9 Å². The predicted molar refractivity (Wildman–Crippen MR) is 72.6 cm³/mol. The molecule has 0 spiro atoms. The summed E-state index contributed by atoms with van der Waals surface area (Å²) in [6.07, 6.45) is 1.46. The minimum Gasteiger partial charge on any atom is -0.396 e. The van der Waals surface area contributed by atoms with Crippen LogP contribution in [0.1, 0.15) is 31.3 Å². The Morgan fingerprint density at radius 3 is 2.63 bits per heavy atom. The molecule has 1 heterocycles. The molecule has 19 heavy (non-hydrogen) atoms. The van der Waals surface area contributed by atoms with Crippen LogP contribution in [0.15, 0.2) is 6.20 Å². The number of hydrogen-bond donors (Lipinski definition) is 2. The molecule has 7 nitrogen and oxygen atoms in total. The molecule has 3 N–H and O–H groups in total. The molecule has 0 fully saturated rings. The van der Waals surface area contributed by atoms with Crippen LogP contribution < -0.4 is 11.1 Å². The maximum Gasteiger partial charge on any atom is 0.274 e. The highest BCUT2D eigenvalue weighted by Crippen LogP contribution is 2.13. The standard InChI is InChI=1S/C12H21N5O2/c1-4-14-10(18)8-16(5-2)12(19)11-9(13)7-15-17(11)6-3/h7H,4-6,8,13H2,1-3H3,(H,14,18). The summed E-state index contributed by atoms with van der Waals surface area (Å²) in [5.74, 6) is -0.454. The van der Waals surface area contributed by atoms with Crippen LogP contribution in [0.3, 0.4) is 0 Å². The topological polar surface area (TPSA) is 93.2 Å². The van der Waals surface area contributed by atoms with Crippen LogP contribution in [-0.2, 0) is 11.3 Å². The van der Waals surface area contributed by atoms with Crippen molar-refractivity contribution in [2.75, 3.05) is 25.4 Å². The quantitative estimate of drug-likeness (QED) is 0.763. The zero-order chi connectivity index (χ0) is 14.4. The number of nitrogens with two attached hydrogens (primary N) is 1.